The third-order valence-corrected chi connectivity index (χ3v) is 6.84. The molecule has 0 N–H and O–H groups in total. The molecule has 0 saturated carbocycles. The predicted molar refractivity (Wildman–Crippen MR) is 122 cm³/mol. The number of unbranched alkanes of at least 4 members (excludes halogenated alkanes) is 1. The van der Waals surface area contributed by atoms with Gasteiger partial charge in [-0.25, -0.2) is 14.8 Å². The summed E-state index contributed by atoms with van der Waals surface area (Å²) in [6, 6.07) is 7.82. The van der Waals surface area contributed by atoms with Crippen LogP contribution in [0.25, 0.3) is 11.4 Å². The lowest BCUT2D eigenvalue weighted by Crippen LogP contribution is -2.50. The number of piperidine rings is 1. The number of thioether (sulfide) groups is 1. The number of hydrogen-bond donors (Lipinski definition) is 0. The summed E-state index contributed by atoms with van der Waals surface area (Å²) in [6.07, 6.45) is 7.99. The summed E-state index contributed by atoms with van der Waals surface area (Å²) in [5, 5.41) is 0.565. The van der Waals surface area contributed by atoms with Gasteiger partial charge in [0.2, 0.25) is 5.91 Å². The first-order valence-corrected chi connectivity index (χ1v) is 12.2. The van der Waals surface area contributed by atoms with Gasteiger partial charge in [-0.1, -0.05) is 37.6 Å². The Hall–Kier alpha value is -2.68. The van der Waals surface area contributed by atoms with Crippen LogP contribution in [0.15, 0.2) is 41.8 Å². The zero-order valence-electron chi connectivity index (χ0n) is 18.4. The first kappa shape index (κ1) is 22.5. The van der Waals surface area contributed by atoms with Crippen LogP contribution in [0.1, 0.15) is 39.0 Å². The van der Waals surface area contributed by atoms with Gasteiger partial charge < -0.3 is 9.64 Å². The lowest BCUT2D eigenvalue weighted by Gasteiger charge is -2.37. The molecule has 0 aromatic carbocycles. The Morgan fingerprint density at radius 1 is 1.16 bits per heavy atom. The number of carbonyl (C=O) groups excluding carboxylic acids is 2. The van der Waals surface area contributed by atoms with Crippen molar-refractivity contribution in [2.45, 2.75) is 56.3 Å². The number of likely N-dealkylation sites (tertiary alicyclic amines) is 1. The van der Waals surface area contributed by atoms with Crippen LogP contribution in [0.3, 0.4) is 0 Å². The summed E-state index contributed by atoms with van der Waals surface area (Å²) in [4.78, 5) is 41.9. The molecule has 4 heterocycles. The normalized spacial score (nSPS) is 19.3. The van der Waals surface area contributed by atoms with Crippen molar-refractivity contribution in [2.75, 3.05) is 25.4 Å². The molecule has 4 rings (SSSR count). The van der Waals surface area contributed by atoms with Gasteiger partial charge in [-0.3, -0.25) is 14.7 Å². The standard InChI is InChI=1S/C23H29N5O3S/c1-2-3-6-18-15-31-23(30)28(18)17-9-13-27(14-10-17)21(29)16-32-22-25-12-8-20(26-22)19-7-4-5-11-24-19/h4-5,7-8,11-12,17-18H,2-3,6,9-10,13-16H2,1H3. The summed E-state index contributed by atoms with van der Waals surface area (Å²) in [6.45, 7) is 3.96. The van der Waals surface area contributed by atoms with Crippen molar-refractivity contribution in [1.29, 1.82) is 0 Å². The molecule has 0 aliphatic carbocycles. The number of carbonyl (C=O) groups is 2. The summed E-state index contributed by atoms with van der Waals surface area (Å²) in [5.41, 5.74) is 1.52. The van der Waals surface area contributed by atoms with E-state index in [2.05, 4.69) is 21.9 Å². The molecule has 2 amide bonds. The van der Waals surface area contributed by atoms with Crippen LogP contribution >= 0.6 is 11.8 Å². The Morgan fingerprint density at radius 2 is 2.00 bits per heavy atom. The van der Waals surface area contributed by atoms with Gasteiger partial charge in [0.05, 0.1) is 23.2 Å². The van der Waals surface area contributed by atoms with Crippen LogP contribution in [0, 0.1) is 0 Å². The number of hydrogen-bond acceptors (Lipinski definition) is 7. The zero-order chi connectivity index (χ0) is 22.3. The molecule has 2 aromatic heterocycles. The summed E-state index contributed by atoms with van der Waals surface area (Å²) < 4.78 is 5.32. The molecular formula is C23H29N5O3S. The Morgan fingerprint density at radius 3 is 2.75 bits per heavy atom. The van der Waals surface area contributed by atoms with E-state index in [1.807, 2.05) is 34.1 Å². The SMILES string of the molecule is CCCCC1COC(=O)N1C1CCN(C(=O)CSc2nccc(-c3ccccn3)n2)CC1. The van der Waals surface area contributed by atoms with Crippen molar-refractivity contribution < 1.29 is 14.3 Å². The van der Waals surface area contributed by atoms with Crippen molar-refractivity contribution in [3.8, 4) is 11.4 Å². The van der Waals surface area contributed by atoms with Crippen molar-refractivity contribution in [1.82, 2.24) is 24.8 Å². The molecular weight excluding hydrogens is 426 g/mol. The highest BCUT2D eigenvalue weighted by Gasteiger charge is 2.39. The van der Waals surface area contributed by atoms with Crippen LogP contribution in [-0.2, 0) is 9.53 Å². The van der Waals surface area contributed by atoms with Gasteiger partial charge in [-0.05, 0) is 37.5 Å². The Bertz CT molecular complexity index is 921. The minimum atomic E-state index is -0.198. The molecule has 0 bridgehead atoms. The van der Waals surface area contributed by atoms with E-state index in [0.717, 1.165) is 43.5 Å². The van der Waals surface area contributed by atoms with E-state index < -0.39 is 0 Å². The third-order valence-electron chi connectivity index (χ3n) is 5.99. The largest absolute Gasteiger partial charge is 0.447 e. The van der Waals surface area contributed by atoms with Gasteiger partial charge in [0, 0.05) is 31.5 Å². The topological polar surface area (TPSA) is 88.5 Å². The van der Waals surface area contributed by atoms with E-state index in [9.17, 15) is 9.59 Å². The quantitative estimate of drug-likeness (QED) is 0.444. The Labute approximate surface area is 192 Å². The number of nitrogens with zero attached hydrogens (tertiary/aromatic N) is 5. The maximum atomic E-state index is 12.8. The molecule has 32 heavy (non-hydrogen) atoms. The smallest absolute Gasteiger partial charge is 0.410 e. The van der Waals surface area contributed by atoms with Crippen LogP contribution in [0.2, 0.25) is 0 Å². The van der Waals surface area contributed by atoms with E-state index in [4.69, 9.17) is 4.74 Å². The first-order valence-electron chi connectivity index (χ1n) is 11.3. The molecule has 170 valence electrons. The fraction of sp³-hybridized carbons (Fsp3) is 0.522. The van der Waals surface area contributed by atoms with Gasteiger partial charge >= 0.3 is 6.09 Å². The number of ether oxygens (including phenoxy) is 1. The molecule has 9 heteroatoms. The van der Waals surface area contributed by atoms with Gasteiger partial charge in [-0.2, -0.15) is 0 Å². The highest BCUT2D eigenvalue weighted by atomic mass is 32.2. The van der Waals surface area contributed by atoms with Crippen LogP contribution in [0.4, 0.5) is 4.79 Å². The van der Waals surface area contributed by atoms with Gasteiger partial charge in [0.1, 0.15) is 6.61 Å². The molecule has 2 aliphatic heterocycles. The van der Waals surface area contributed by atoms with Crippen LogP contribution in [-0.4, -0.2) is 74.3 Å². The second-order valence-electron chi connectivity index (χ2n) is 8.12. The fourth-order valence-corrected chi connectivity index (χ4v) is 4.99. The van der Waals surface area contributed by atoms with E-state index in [0.29, 0.717) is 30.6 Å². The minimum Gasteiger partial charge on any atom is -0.447 e. The van der Waals surface area contributed by atoms with E-state index >= 15 is 0 Å². The Kier molecular flexibility index (Phi) is 7.57. The van der Waals surface area contributed by atoms with Crippen LogP contribution in [0.5, 0.6) is 0 Å². The second-order valence-corrected chi connectivity index (χ2v) is 9.06. The zero-order valence-corrected chi connectivity index (χ0v) is 19.2. The van der Waals surface area contributed by atoms with Crippen LogP contribution < -0.4 is 0 Å². The average molecular weight is 456 g/mol. The van der Waals surface area contributed by atoms with E-state index in [1.54, 1.807) is 12.4 Å². The van der Waals surface area contributed by atoms with Gasteiger partial charge in [0.15, 0.2) is 5.16 Å². The molecule has 2 fully saturated rings. The summed E-state index contributed by atoms with van der Waals surface area (Å²) >= 11 is 1.34. The highest BCUT2D eigenvalue weighted by molar-refractivity contribution is 7.99. The maximum absolute atomic E-state index is 12.8. The molecule has 2 aromatic rings. The van der Waals surface area contributed by atoms with Crippen molar-refractivity contribution in [2.24, 2.45) is 0 Å². The lowest BCUT2D eigenvalue weighted by molar-refractivity contribution is -0.129. The molecule has 8 nitrogen and oxygen atoms in total. The number of aromatic nitrogens is 3. The number of cyclic esters (lactones) is 1. The molecule has 1 unspecified atom stereocenters. The maximum Gasteiger partial charge on any atom is 0.410 e. The predicted octanol–water partition coefficient (Wildman–Crippen LogP) is 3.63. The first-order chi connectivity index (χ1) is 15.7. The molecule has 2 saturated heterocycles. The van der Waals surface area contributed by atoms with E-state index in [1.165, 1.54) is 11.8 Å². The average Bonchev–Trinajstić information content (AvgIpc) is 3.22. The number of amides is 2. The molecule has 0 spiro atoms. The van der Waals surface area contributed by atoms with Crippen molar-refractivity contribution in [3.63, 3.8) is 0 Å². The molecule has 2 aliphatic rings. The second kappa shape index (κ2) is 10.8. The van der Waals surface area contributed by atoms with Crippen molar-refractivity contribution in [3.05, 3.63) is 36.7 Å². The van der Waals surface area contributed by atoms with E-state index in [-0.39, 0.29) is 24.1 Å². The van der Waals surface area contributed by atoms with Gasteiger partial charge in [-0.15, -0.1) is 0 Å². The summed E-state index contributed by atoms with van der Waals surface area (Å²) in [5.74, 6) is 0.369. The summed E-state index contributed by atoms with van der Waals surface area (Å²) in [7, 11) is 0. The van der Waals surface area contributed by atoms with Crippen molar-refractivity contribution >= 4 is 23.8 Å². The van der Waals surface area contributed by atoms with Gasteiger partial charge in [0.25, 0.3) is 0 Å². The third kappa shape index (κ3) is 5.38. The molecule has 0 radical (unpaired) electrons. The fourth-order valence-electron chi connectivity index (χ4n) is 4.26. The highest BCUT2D eigenvalue weighted by Crippen LogP contribution is 2.27. The number of rotatable bonds is 8. The Balaban J connectivity index is 1.28. The minimum absolute atomic E-state index is 0.0758. The monoisotopic (exact) mass is 455 g/mol. The number of pyridine rings is 1. The molecule has 1 atom stereocenters. The lowest BCUT2D eigenvalue weighted by atomic mass is 10.0.